The second-order valence-corrected chi connectivity index (χ2v) is 5.10. The summed E-state index contributed by atoms with van der Waals surface area (Å²) in [6.45, 7) is 0.205. The van der Waals surface area contributed by atoms with Crippen LogP contribution in [0.2, 0.25) is 0 Å². The number of aliphatic hydroxyl groups is 1. The lowest BCUT2D eigenvalue weighted by Gasteiger charge is -2.33. The van der Waals surface area contributed by atoms with E-state index in [9.17, 15) is 4.79 Å². The zero-order valence-corrected chi connectivity index (χ0v) is 9.30. The zero-order valence-electron chi connectivity index (χ0n) is 9.30. The lowest BCUT2D eigenvalue weighted by molar-refractivity contribution is -0.123. The van der Waals surface area contributed by atoms with Crippen LogP contribution in [0.1, 0.15) is 51.4 Å². The standard InChI is InChI=1S/C12H21NO2/c14-8-4-5-10-9-12(13-11(10)15)6-2-1-3-7-12/h10,14H,1-9H2,(H,13,15). The number of nitrogens with one attached hydrogen (secondary N) is 1. The van der Waals surface area contributed by atoms with Crippen LogP contribution in [0.4, 0.5) is 0 Å². The van der Waals surface area contributed by atoms with Crippen molar-refractivity contribution in [2.75, 3.05) is 6.61 Å². The smallest absolute Gasteiger partial charge is 0.223 e. The van der Waals surface area contributed by atoms with Crippen LogP contribution in [0, 0.1) is 5.92 Å². The van der Waals surface area contributed by atoms with Gasteiger partial charge in [-0.25, -0.2) is 0 Å². The minimum Gasteiger partial charge on any atom is -0.396 e. The second-order valence-electron chi connectivity index (χ2n) is 5.10. The summed E-state index contributed by atoms with van der Waals surface area (Å²) in [4.78, 5) is 11.8. The molecule has 1 atom stereocenters. The Labute approximate surface area is 91.2 Å². The van der Waals surface area contributed by atoms with Crippen molar-refractivity contribution in [1.82, 2.24) is 5.32 Å². The molecule has 86 valence electrons. The molecule has 0 aromatic heterocycles. The van der Waals surface area contributed by atoms with Crippen molar-refractivity contribution in [1.29, 1.82) is 0 Å². The van der Waals surface area contributed by atoms with Crippen molar-refractivity contribution in [2.45, 2.75) is 56.9 Å². The predicted octanol–water partition coefficient (Wildman–Crippen LogP) is 1.60. The first-order valence-electron chi connectivity index (χ1n) is 6.19. The lowest BCUT2D eigenvalue weighted by Crippen LogP contribution is -2.42. The second kappa shape index (κ2) is 4.52. The molecular formula is C12H21NO2. The monoisotopic (exact) mass is 211 g/mol. The van der Waals surface area contributed by atoms with Crippen molar-refractivity contribution < 1.29 is 9.90 Å². The Morgan fingerprint density at radius 3 is 2.73 bits per heavy atom. The Balaban J connectivity index is 1.92. The van der Waals surface area contributed by atoms with E-state index >= 15 is 0 Å². The van der Waals surface area contributed by atoms with Crippen molar-refractivity contribution in [3.63, 3.8) is 0 Å². The first kappa shape index (κ1) is 10.9. The molecule has 0 bridgehead atoms. The molecule has 0 aromatic rings. The first-order chi connectivity index (χ1) is 7.26. The van der Waals surface area contributed by atoms with Gasteiger partial charge in [-0.2, -0.15) is 0 Å². The predicted molar refractivity (Wildman–Crippen MR) is 58.4 cm³/mol. The average molecular weight is 211 g/mol. The van der Waals surface area contributed by atoms with Gasteiger partial charge in [0.25, 0.3) is 0 Å². The summed E-state index contributed by atoms with van der Waals surface area (Å²) in [5.74, 6) is 0.389. The number of amides is 1. The van der Waals surface area contributed by atoms with Crippen LogP contribution in [-0.4, -0.2) is 23.2 Å². The largest absolute Gasteiger partial charge is 0.396 e. The highest BCUT2D eigenvalue weighted by atomic mass is 16.3. The van der Waals surface area contributed by atoms with Gasteiger partial charge in [-0.15, -0.1) is 0 Å². The summed E-state index contributed by atoms with van der Waals surface area (Å²) in [6.07, 6.45) is 8.77. The van der Waals surface area contributed by atoms with Crippen LogP contribution in [0.15, 0.2) is 0 Å². The van der Waals surface area contributed by atoms with Crippen LogP contribution in [0.3, 0.4) is 0 Å². The van der Waals surface area contributed by atoms with Gasteiger partial charge in [-0.05, 0) is 32.1 Å². The van der Waals surface area contributed by atoms with Gasteiger partial charge < -0.3 is 10.4 Å². The van der Waals surface area contributed by atoms with Crippen LogP contribution >= 0.6 is 0 Å². The molecule has 1 heterocycles. The minimum atomic E-state index is 0.134. The van der Waals surface area contributed by atoms with E-state index in [-0.39, 0.29) is 24.0 Å². The van der Waals surface area contributed by atoms with Gasteiger partial charge in [0, 0.05) is 18.1 Å². The molecule has 2 N–H and O–H groups in total. The number of carbonyl (C=O) groups excluding carboxylic acids is 1. The molecule has 1 saturated heterocycles. The van der Waals surface area contributed by atoms with Crippen LogP contribution in [0.25, 0.3) is 0 Å². The first-order valence-corrected chi connectivity index (χ1v) is 6.19. The third-order valence-electron chi connectivity index (χ3n) is 3.92. The molecule has 1 amide bonds. The highest BCUT2D eigenvalue weighted by molar-refractivity contribution is 5.82. The third-order valence-corrected chi connectivity index (χ3v) is 3.92. The molecule has 0 aromatic carbocycles. The third kappa shape index (κ3) is 2.33. The van der Waals surface area contributed by atoms with Crippen molar-refractivity contribution >= 4 is 5.91 Å². The summed E-state index contributed by atoms with van der Waals surface area (Å²) < 4.78 is 0. The Morgan fingerprint density at radius 1 is 1.33 bits per heavy atom. The summed E-state index contributed by atoms with van der Waals surface area (Å²) in [6, 6.07) is 0. The maximum Gasteiger partial charge on any atom is 0.223 e. The maximum absolute atomic E-state index is 11.8. The molecule has 1 spiro atoms. The van der Waals surface area contributed by atoms with Crippen LogP contribution in [-0.2, 0) is 4.79 Å². The normalized spacial score (nSPS) is 29.4. The topological polar surface area (TPSA) is 49.3 Å². The molecule has 1 saturated carbocycles. The maximum atomic E-state index is 11.8. The van der Waals surface area contributed by atoms with Crippen LogP contribution < -0.4 is 5.32 Å². The molecule has 15 heavy (non-hydrogen) atoms. The molecule has 2 fully saturated rings. The van der Waals surface area contributed by atoms with E-state index in [0.717, 1.165) is 32.1 Å². The van der Waals surface area contributed by atoms with E-state index in [2.05, 4.69) is 5.32 Å². The van der Waals surface area contributed by atoms with Gasteiger partial charge in [-0.3, -0.25) is 4.79 Å². The molecule has 1 aliphatic carbocycles. The molecule has 2 aliphatic rings. The van der Waals surface area contributed by atoms with E-state index in [1.165, 1.54) is 19.3 Å². The van der Waals surface area contributed by atoms with Gasteiger partial charge in [0.05, 0.1) is 0 Å². The quantitative estimate of drug-likeness (QED) is 0.745. The highest BCUT2D eigenvalue weighted by Gasteiger charge is 2.43. The van der Waals surface area contributed by atoms with Crippen LogP contribution in [0.5, 0.6) is 0 Å². The molecule has 1 aliphatic heterocycles. The van der Waals surface area contributed by atoms with Crippen molar-refractivity contribution in [3.8, 4) is 0 Å². The van der Waals surface area contributed by atoms with E-state index < -0.39 is 0 Å². The molecule has 3 nitrogen and oxygen atoms in total. The van der Waals surface area contributed by atoms with Crippen molar-refractivity contribution in [2.24, 2.45) is 5.92 Å². The zero-order chi connectivity index (χ0) is 10.7. The van der Waals surface area contributed by atoms with E-state index in [1.54, 1.807) is 0 Å². The molecule has 2 rings (SSSR count). The molecule has 1 unspecified atom stereocenters. The Bertz CT molecular complexity index is 234. The summed E-state index contributed by atoms with van der Waals surface area (Å²) in [7, 11) is 0. The fourth-order valence-corrected chi connectivity index (χ4v) is 3.11. The van der Waals surface area contributed by atoms with Crippen molar-refractivity contribution in [3.05, 3.63) is 0 Å². The number of aliphatic hydroxyl groups excluding tert-OH is 1. The number of hydrogen-bond acceptors (Lipinski definition) is 2. The Hall–Kier alpha value is -0.570. The van der Waals surface area contributed by atoms with Gasteiger partial charge in [0.15, 0.2) is 0 Å². The van der Waals surface area contributed by atoms with E-state index in [1.807, 2.05) is 0 Å². The Kier molecular flexibility index (Phi) is 3.29. The average Bonchev–Trinajstić information content (AvgIpc) is 2.53. The fourth-order valence-electron chi connectivity index (χ4n) is 3.11. The van der Waals surface area contributed by atoms with E-state index in [0.29, 0.717) is 0 Å². The SMILES string of the molecule is O=C1NC2(CCCCC2)CC1CCCO. The molecule has 3 heteroatoms. The molecular weight excluding hydrogens is 190 g/mol. The molecule has 0 radical (unpaired) electrons. The van der Waals surface area contributed by atoms with Gasteiger partial charge >= 0.3 is 0 Å². The highest BCUT2D eigenvalue weighted by Crippen LogP contribution is 2.39. The minimum absolute atomic E-state index is 0.134. The lowest BCUT2D eigenvalue weighted by atomic mass is 9.78. The number of rotatable bonds is 3. The fraction of sp³-hybridized carbons (Fsp3) is 0.917. The van der Waals surface area contributed by atoms with Gasteiger partial charge in [0.1, 0.15) is 0 Å². The summed E-state index contributed by atoms with van der Waals surface area (Å²) in [5, 5.41) is 12.0. The Morgan fingerprint density at radius 2 is 2.07 bits per heavy atom. The number of hydrogen-bond donors (Lipinski definition) is 2. The van der Waals surface area contributed by atoms with E-state index in [4.69, 9.17) is 5.11 Å². The van der Waals surface area contributed by atoms with Gasteiger partial charge in [-0.1, -0.05) is 19.3 Å². The number of carbonyl (C=O) groups is 1. The summed E-state index contributed by atoms with van der Waals surface area (Å²) in [5.41, 5.74) is 0.134. The summed E-state index contributed by atoms with van der Waals surface area (Å²) >= 11 is 0. The van der Waals surface area contributed by atoms with Gasteiger partial charge in [0.2, 0.25) is 5.91 Å².